The van der Waals surface area contributed by atoms with Crippen LogP contribution in [0, 0.1) is 0 Å². The summed E-state index contributed by atoms with van der Waals surface area (Å²) in [6.07, 6.45) is -1.74. The molecule has 0 radical (unpaired) electrons. The summed E-state index contributed by atoms with van der Waals surface area (Å²) in [5.74, 6) is -1.14. The molecule has 3 aliphatic heterocycles. The minimum absolute atomic E-state index is 0.363. The summed E-state index contributed by atoms with van der Waals surface area (Å²) in [6, 6.07) is 0. The Labute approximate surface area is 91.6 Å². The van der Waals surface area contributed by atoms with Gasteiger partial charge in [0.15, 0.2) is 29.7 Å². The Morgan fingerprint density at radius 2 is 1.93 bits per heavy atom. The van der Waals surface area contributed by atoms with Crippen molar-refractivity contribution in [3.05, 3.63) is 0 Å². The summed E-state index contributed by atoms with van der Waals surface area (Å²) < 4.78 is 21.7. The van der Waals surface area contributed by atoms with Crippen LogP contribution in [0.5, 0.6) is 0 Å². The molecular weight excluding hydrogens is 224 g/mol. The number of hydrogen-bond donors (Lipinski definition) is 0. The van der Waals surface area contributed by atoms with Crippen molar-refractivity contribution in [3.63, 3.8) is 0 Å². The number of ether oxygens (including phenoxy) is 4. The Hall–Kier alpha value is -0.360. The van der Waals surface area contributed by atoms with Gasteiger partial charge < -0.3 is 18.9 Å². The highest BCUT2D eigenvalue weighted by atomic mass is 35.5. The van der Waals surface area contributed by atoms with Gasteiger partial charge in [-0.1, -0.05) is 0 Å². The summed E-state index contributed by atoms with van der Waals surface area (Å²) in [7, 11) is 0. The molecular formula is C9H11ClO5. The average Bonchev–Trinajstić information content (AvgIpc) is 2.66. The molecule has 5 atom stereocenters. The topological polar surface area (TPSA) is 54.0 Å². The van der Waals surface area contributed by atoms with Gasteiger partial charge >= 0.3 is 5.97 Å². The second kappa shape index (κ2) is 2.85. The van der Waals surface area contributed by atoms with Gasteiger partial charge in [-0.15, -0.1) is 11.6 Å². The van der Waals surface area contributed by atoms with Crippen LogP contribution in [-0.2, 0) is 23.7 Å². The van der Waals surface area contributed by atoms with Gasteiger partial charge in [-0.25, -0.2) is 0 Å². The monoisotopic (exact) mass is 234 g/mol. The molecule has 0 aromatic carbocycles. The number of carbonyl (C=O) groups excluding carboxylic acids is 1. The van der Waals surface area contributed by atoms with Crippen molar-refractivity contribution in [2.24, 2.45) is 0 Å². The Morgan fingerprint density at radius 3 is 2.67 bits per heavy atom. The molecule has 0 amide bonds. The van der Waals surface area contributed by atoms with E-state index >= 15 is 0 Å². The van der Waals surface area contributed by atoms with Crippen LogP contribution in [-0.4, -0.2) is 41.7 Å². The van der Waals surface area contributed by atoms with E-state index in [9.17, 15) is 4.79 Å². The van der Waals surface area contributed by atoms with Crippen LogP contribution in [0.15, 0.2) is 0 Å². The summed E-state index contributed by atoms with van der Waals surface area (Å²) in [5.41, 5.74) is 0. The standard InChI is InChI=1S/C9H11ClO5/c1-9(2)14-6-5-4(13-8(6)15-9)3(10)7(11)12-5/h3-6,8H,1-2H3. The van der Waals surface area contributed by atoms with Crippen LogP contribution in [0.2, 0.25) is 0 Å². The molecule has 0 aromatic rings. The molecule has 3 rings (SSSR count). The van der Waals surface area contributed by atoms with Crippen molar-refractivity contribution in [2.45, 2.75) is 49.6 Å². The fourth-order valence-corrected chi connectivity index (χ4v) is 2.46. The van der Waals surface area contributed by atoms with Crippen LogP contribution in [0.4, 0.5) is 0 Å². The van der Waals surface area contributed by atoms with Gasteiger partial charge in [0.05, 0.1) is 0 Å². The zero-order valence-corrected chi connectivity index (χ0v) is 9.06. The highest BCUT2D eigenvalue weighted by Crippen LogP contribution is 2.43. The first-order valence-electron chi connectivity index (χ1n) is 4.84. The van der Waals surface area contributed by atoms with E-state index < -0.39 is 35.6 Å². The Morgan fingerprint density at radius 1 is 1.20 bits per heavy atom. The number of alkyl halides is 1. The van der Waals surface area contributed by atoms with Crippen molar-refractivity contribution < 1.29 is 23.7 Å². The maximum absolute atomic E-state index is 11.2. The molecule has 0 N–H and O–H groups in total. The molecule has 0 aromatic heterocycles. The number of esters is 1. The zero-order chi connectivity index (χ0) is 10.8. The molecule has 3 heterocycles. The molecule has 3 aliphatic rings. The first-order chi connectivity index (χ1) is 6.98. The lowest BCUT2D eigenvalue weighted by atomic mass is 10.1. The minimum atomic E-state index is -0.754. The molecule has 0 aliphatic carbocycles. The number of fused-ring (bicyclic) bond motifs is 3. The third kappa shape index (κ3) is 1.30. The summed E-state index contributed by atoms with van der Waals surface area (Å²) in [6.45, 7) is 3.58. The third-order valence-corrected chi connectivity index (χ3v) is 3.22. The van der Waals surface area contributed by atoms with E-state index in [1.807, 2.05) is 0 Å². The summed E-state index contributed by atoms with van der Waals surface area (Å²) >= 11 is 5.84. The number of hydrogen-bond acceptors (Lipinski definition) is 5. The average molecular weight is 235 g/mol. The third-order valence-electron chi connectivity index (χ3n) is 2.79. The fraction of sp³-hybridized carbons (Fsp3) is 0.889. The van der Waals surface area contributed by atoms with E-state index in [0.29, 0.717) is 0 Å². The van der Waals surface area contributed by atoms with Gasteiger partial charge in [0.2, 0.25) is 0 Å². The van der Waals surface area contributed by atoms with Gasteiger partial charge in [-0.2, -0.15) is 0 Å². The van der Waals surface area contributed by atoms with Gasteiger partial charge in [0.25, 0.3) is 0 Å². The lowest BCUT2D eigenvalue weighted by Gasteiger charge is -2.20. The Balaban J connectivity index is 1.83. The van der Waals surface area contributed by atoms with Gasteiger partial charge in [0.1, 0.15) is 6.10 Å². The van der Waals surface area contributed by atoms with Crippen molar-refractivity contribution in [3.8, 4) is 0 Å². The second-order valence-corrected chi connectivity index (χ2v) is 4.84. The Kier molecular flexibility index (Phi) is 1.87. The maximum atomic E-state index is 11.2. The maximum Gasteiger partial charge on any atom is 0.327 e. The normalized spacial score (nSPS) is 51.4. The van der Waals surface area contributed by atoms with Crippen LogP contribution in [0.25, 0.3) is 0 Å². The van der Waals surface area contributed by atoms with Crippen LogP contribution in [0.1, 0.15) is 13.8 Å². The predicted molar refractivity (Wildman–Crippen MR) is 48.2 cm³/mol. The summed E-state index contributed by atoms with van der Waals surface area (Å²) in [4.78, 5) is 11.2. The molecule has 0 spiro atoms. The van der Waals surface area contributed by atoms with Crippen molar-refractivity contribution >= 4 is 17.6 Å². The van der Waals surface area contributed by atoms with E-state index in [-0.39, 0.29) is 6.10 Å². The molecule has 5 unspecified atom stereocenters. The van der Waals surface area contributed by atoms with Crippen molar-refractivity contribution in [2.75, 3.05) is 0 Å². The second-order valence-electron chi connectivity index (χ2n) is 4.37. The first kappa shape index (κ1) is 9.84. The molecule has 0 saturated carbocycles. The largest absolute Gasteiger partial charge is 0.455 e. The van der Waals surface area contributed by atoms with E-state index in [1.54, 1.807) is 13.8 Å². The van der Waals surface area contributed by atoms with Crippen molar-refractivity contribution in [1.82, 2.24) is 0 Å². The number of halogens is 1. The number of rotatable bonds is 0. The quantitative estimate of drug-likeness (QED) is 0.449. The predicted octanol–water partition coefficient (Wildman–Crippen LogP) is 0.396. The number of carbonyl (C=O) groups is 1. The molecule has 84 valence electrons. The van der Waals surface area contributed by atoms with E-state index in [4.69, 9.17) is 30.5 Å². The minimum Gasteiger partial charge on any atom is -0.455 e. The SMILES string of the molecule is CC1(C)OC2OC3C(Cl)C(=O)OC3C2O1. The molecule has 15 heavy (non-hydrogen) atoms. The smallest absolute Gasteiger partial charge is 0.327 e. The first-order valence-corrected chi connectivity index (χ1v) is 5.27. The van der Waals surface area contributed by atoms with Gasteiger partial charge in [-0.3, -0.25) is 4.79 Å². The molecule has 3 saturated heterocycles. The molecule has 0 bridgehead atoms. The van der Waals surface area contributed by atoms with E-state index in [1.165, 1.54) is 0 Å². The van der Waals surface area contributed by atoms with Crippen LogP contribution in [0.3, 0.4) is 0 Å². The van der Waals surface area contributed by atoms with Crippen LogP contribution < -0.4 is 0 Å². The highest BCUT2D eigenvalue weighted by Gasteiger charge is 2.62. The molecule has 5 nitrogen and oxygen atoms in total. The van der Waals surface area contributed by atoms with Crippen molar-refractivity contribution in [1.29, 1.82) is 0 Å². The van der Waals surface area contributed by atoms with E-state index in [2.05, 4.69) is 0 Å². The summed E-state index contributed by atoms with van der Waals surface area (Å²) in [5, 5.41) is -0.754. The lowest BCUT2D eigenvalue weighted by Crippen LogP contribution is -2.34. The zero-order valence-electron chi connectivity index (χ0n) is 8.31. The lowest BCUT2D eigenvalue weighted by molar-refractivity contribution is -0.209. The Bertz CT molecular complexity index is 318. The van der Waals surface area contributed by atoms with Gasteiger partial charge in [-0.05, 0) is 13.8 Å². The van der Waals surface area contributed by atoms with Crippen LogP contribution >= 0.6 is 11.6 Å². The van der Waals surface area contributed by atoms with Gasteiger partial charge in [0, 0.05) is 0 Å². The molecule has 6 heteroatoms. The molecule has 3 fully saturated rings. The fourth-order valence-electron chi connectivity index (χ4n) is 2.21. The van der Waals surface area contributed by atoms with E-state index in [0.717, 1.165) is 0 Å². The highest BCUT2D eigenvalue weighted by molar-refractivity contribution is 6.31.